The Morgan fingerprint density at radius 2 is 1.96 bits per heavy atom. The predicted molar refractivity (Wildman–Crippen MR) is 100 cm³/mol. The van der Waals surface area contributed by atoms with Crippen molar-refractivity contribution in [2.75, 3.05) is 12.3 Å². The fourth-order valence-corrected chi connectivity index (χ4v) is 4.77. The molecule has 0 bridgehead atoms. The van der Waals surface area contributed by atoms with E-state index in [0.29, 0.717) is 24.3 Å². The highest BCUT2D eigenvalue weighted by molar-refractivity contribution is 5.95. The van der Waals surface area contributed by atoms with Crippen LogP contribution in [-0.4, -0.2) is 33.5 Å². The monoisotopic (exact) mass is 351 g/mol. The number of likely N-dealkylation sites (tertiary alicyclic amines) is 1. The Morgan fingerprint density at radius 3 is 2.73 bits per heavy atom. The van der Waals surface area contributed by atoms with E-state index in [4.69, 9.17) is 5.73 Å². The normalized spacial score (nSPS) is 28.4. The first-order valence-electron chi connectivity index (χ1n) is 9.40. The summed E-state index contributed by atoms with van der Waals surface area (Å²) < 4.78 is 0. The van der Waals surface area contributed by atoms with Crippen molar-refractivity contribution in [2.24, 2.45) is 5.92 Å². The molecule has 1 saturated carbocycles. The third kappa shape index (κ3) is 2.86. The lowest BCUT2D eigenvalue weighted by Gasteiger charge is -2.52. The van der Waals surface area contributed by atoms with Crippen molar-refractivity contribution in [3.05, 3.63) is 59.8 Å². The molecule has 1 aliphatic heterocycles. The number of rotatable bonds is 2. The molecule has 4 rings (SSSR count). The second-order valence-electron chi connectivity index (χ2n) is 7.47. The molecular weight excluding hydrogens is 326 g/mol. The average molecular weight is 351 g/mol. The van der Waals surface area contributed by atoms with Gasteiger partial charge in [0.25, 0.3) is 5.91 Å². The molecule has 1 aromatic carbocycles. The van der Waals surface area contributed by atoms with Gasteiger partial charge in [0.2, 0.25) is 0 Å². The second kappa shape index (κ2) is 6.72. The van der Waals surface area contributed by atoms with Gasteiger partial charge in [-0.05, 0) is 37.0 Å². The van der Waals surface area contributed by atoms with Crippen LogP contribution in [0.5, 0.6) is 0 Å². The number of piperidine rings is 1. The Kier molecular flexibility index (Phi) is 4.41. The van der Waals surface area contributed by atoms with Crippen molar-refractivity contribution in [2.45, 2.75) is 43.7 Å². The van der Waals surface area contributed by atoms with Crippen LogP contribution in [-0.2, 0) is 5.60 Å². The van der Waals surface area contributed by atoms with Gasteiger partial charge in [0.1, 0.15) is 5.82 Å². The summed E-state index contributed by atoms with van der Waals surface area (Å²) in [5, 5.41) is 11.6. The number of nitrogen functional groups attached to an aromatic ring is 1. The molecular formula is C21H25N3O2. The number of fused-ring (bicyclic) bond motifs is 1. The summed E-state index contributed by atoms with van der Waals surface area (Å²) in [6.45, 7) is 0.549. The van der Waals surface area contributed by atoms with Crippen LogP contribution < -0.4 is 5.73 Å². The quantitative estimate of drug-likeness (QED) is 0.872. The van der Waals surface area contributed by atoms with Crippen LogP contribution in [0.3, 0.4) is 0 Å². The van der Waals surface area contributed by atoms with Gasteiger partial charge in [0, 0.05) is 30.3 Å². The number of anilines is 1. The molecule has 1 aromatic heterocycles. The third-order valence-electron chi connectivity index (χ3n) is 6.04. The molecule has 5 nitrogen and oxygen atoms in total. The number of hydrogen-bond acceptors (Lipinski definition) is 4. The SMILES string of the molecule is Nc1cc(C(=O)N2CC[C@](O)(c3ccccc3)[C@@H]3CCCC[C@H]32)ccn1. The third-order valence-corrected chi connectivity index (χ3v) is 6.04. The Balaban J connectivity index is 1.66. The molecule has 2 aromatic rings. The Bertz CT molecular complexity index is 795. The van der Waals surface area contributed by atoms with Crippen molar-refractivity contribution in [3.8, 4) is 0 Å². The Hall–Kier alpha value is -2.40. The molecule has 3 atom stereocenters. The van der Waals surface area contributed by atoms with Crippen LogP contribution in [0.4, 0.5) is 5.82 Å². The number of hydrogen-bond donors (Lipinski definition) is 2. The van der Waals surface area contributed by atoms with E-state index in [1.807, 2.05) is 35.2 Å². The molecule has 0 unspecified atom stereocenters. The molecule has 26 heavy (non-hydrogen) atoms. The zero-order valence-electron chi connectivity index (χ0n) is 14.8. The number of amides is 1. The van der Waals surface area contributed by atoms with Gasteiger partial charge in [0.15, 0.2) is 0 Å². The van der Waals surface area contributed by atoms with E-state index < -0.39 is 5.60 Å². The van der Waals surface area contributed by atoms with Crippen LogP contribution in [0.15, 0.2) is 48.7 Å². The van der Waals surface area contributed by atoms with E-state index in [1.165, 1.54) is 0 Å². The number of pyridine rings is 1. The zero-order chi connectivity index (χ0) is 18.1. The van der Waals surface area contributed by atoms with E-state index >= 15 is 0 Å². The van der Waals surface area contributed by atoms with E-state index in [1.54, 1.807) is 18.3 Å². The summed E-state index contributed by atoms with van der Waals surface area (Å²) in [7, 11) is 0. The molecule has 1 aliphatic carbocycles. The largest absolute Gasteiger partial charge is 0.385 e. The first kappa shape index (κ1) is 17.0. The van der Waals surface area contributed by atoms with E-state index in [2.05, 4.69) is 4.98 Å². The van der Waals surface area contributed by atoms with Gasteiger partial charge in [0.05, 0.1) is 5.60 Å². The van der Waals surface area contributed by atoms with Crippen molar-refractivity contribution in [1.82, 2.24) is 9.88 Å². The average Bonchev–Trinajstić information content (AvgIpc) is 2.69. The number of nitrogens with zero attached hydrogens (tertiary/aromatic N) is 2. The highest BCUT2D eigenvalue weighted by atomic mass is 16.3. The minimum atomic E-state index is -0.861. The lowest BCUT2D eigenvalue weighted by atomic mass is 9.66. The van der Waals surface area contributed by atoms with E-state index in [9.17, 15) is 9.90 Å². The number of aromatic nitrogens is 1. The Morgan fingerprint density at radius 1 is 1.19 bits per heavy atom. The summed E-state index contributed by atoms with van der Waals surface area (Å²) in [6, 6.07) is 13.3. The molecule has 136 valence electrons. The number of aliphatic hydroxyl groups is 1. The first-order valence-corrected chi connectivity index (χ1v) is 9.40. The lowest BCUT2D eigenvalue weighted by molar-refractivity contribution is -0.110. The first-order chi connectivity index (χ1) is 12.6. The topological polar surface area (TPSA) is 79.5 Å². The van der Waals surface area contributed by atoms with Crippen LogP contribution in [0.2, 0.25) is 0 Å². The van der Waals surface area contributed by atoms with Gasteiger partial charge in [-0.1, -0.05) is 43.2 Å². The van der Waals surface area contributed by atoms with E-state index in [-0.39, 0.29) is 17.9 Å². The molecule has 0 radical (unpaired) electrons. The van der Waals surface area contributed by atoms with Crippen molar-refractivity contribution in [1.29, 1.82) is 0 Å². The molecule has 2 heterocycles. The van der Waals surface area contributed by atoms with Gasteiger partial charge < -0.3 is 15.7 Å². The highest BCUT2D eigenvalue weighted by Gasteiger charge is 2.50. The number of carbonyl (C=O) groups excluding carboxylic acids is 1. The fraction of sp³-hybridized carbons (Fsp3) is 0.429. The summed E-state index contributed by atoms with van der Waals surface area (Å²) in [6.07, 6.45) is 6.20. The van der Waals surface area contributed by atoms with Crippen molar-refractivity contribution >= 4 is 11.7 Å². The fourth-order valence-electron chi connectivity index (χ4n) is 4.77. The summed E-state index contributed by atoms with van der Waals surface area (Å²) >= 11 is 0. The van der Waals surface area contributed by atoms with Crippen LogP contribution in [0, 0.1) is 5.92 Å². The maximum Gasteiger partial charge on any atom is 0.254 e. The van der Waals surface area contributed by atoms with E-state index in [0.717, 1.165) is 31.2 Å². The molecule has 5 heteroatoms. The summed E-state index contributed by atoms with van der Waals surface area (Å²) in [5.41, 5.74) is 6.44. The number of benzene rings is 1. The number of carbonyl (C=O) groups is 1. The molecule has 2 aliphatic rings. The van der Waals surface area contributed by atoms with Crippen molar-refractivity contribution < 1.29 is 9.90 Å². The van der Waals surface area contributed by atoms with Crippen molar-refractivity contribution in [3.63, 3.8) is 0 Å². The van der Waals surface area contributed by atoms with Gasteiger partial charge in [-0.3, -0.25) is 4.79 Å². The minimum absolute atomic E-state index is 0.00823. The molecule has 2 fully saturated rings. The van der Waals surface area contributed by atoms with Crippen LogP contribution in [0.1, 0.15) is 48.0 Å². The summed E-state index contributed by atoms with van der Waals surface area (Å²) in [5.74, 6) is 0.412. The van der Waals surface area contributed by atoms with Gasteiger partial charge >= 0.3 is 0 Å². The molecule has 0 spiro atoms. The predicted octanol–water partition coefficient (Wildman–Crippen LogP) is 2.96. The maximum absolute atomic E-state index is 13.1. The van der Waals surface area contributed by atoms with Gasteiger partial charge in [-0.15, -0.1) is 0 Å². The molecule has 1 amide bonds. The van der Waals surface area contributed by atoms with Crippen LogP contribution in [0.25, 0.3) is 0 Å². The lowest BCUT2D eigenvalue weighted by Crippen LogP contribution is -2.59. The van der Waals surface area contributed by atoms with Crippen LogP contribution >= 0.6 is 0 Å². The Labute approximate surface area is 153 Å². The maximum atomic E-state index is 13.1. The smallest absolute Gasteiger partial charge is 0.254 e. The highest BCUT2D eigenvalue weighted by Crippen LogP contribution is 2.47. The summed E-state index contributed by atoms with van der Waals surface area (Å²) in [4.78, 5) is 19.0. The van der Waals surface area contributed by atoms with Gasteiger partial charge in [-0.2, -0.15) is 0 Å². The second-order valence-corrected chi connectivity index (χ2v) is 7.47. The number of nitrogens with two attached hydrogens (primary N) is 1. The van der Waals surface area contributed by atoms with Gasteiger partial charge in [-0.25, -0.2) is 4.98 Å². The molecule has 3 N–H and O–H groups in total. The standard InChI is InChI=1S/C21H25N3O2/c22-19-14-15(10-12-23-19)20(25)24-13-11-21(26,16-6-2-1-3-7-16)17-8-4-5-9-18(17)24/h1-3,6-7,10,12,14,17-18,26H,4-5,8-9,11,13H2,(H2,22,23)/t17-,18-,21+/m1/s1. The minimum Gasteiger partial charge on any atom is -0.385 e. The zero-order valence-corrected chi connectivity index (χ0v) is 14.8. The molecule has 1 saturated heterocycles.